The van der Waals surface area contributed by atoms with Crippen LogP contribution in [-0.4, -0.2) is 4.98 Å². The highest BCUT2D eigenvalue weighted by Gasteiger charge is 2.13. The molecular weight excluding hydrogens is 262 g/mol. The molecular formula is C12H5Cl2FN2. The van der Waals surface area contributed by atoms with Crippen molar-refractivity contribution >= 4 is 23.2 Å². The molecule has 0 bridgehead atoms. The summed E-state index contributed by atoms with van der Waals surface area (Å²) in [6, 6.07) is 7.56. The predicted octanol–water partition coefficient (Wildman–Crippen LogP) is 4.07. The first-order valence-electron chi connectivity index (χ1n) is 4.63. The van der Waals surface area contributed by atoms with Crippen molar-refractivity contribution in [1.82, 2.24) is 4.98 Å². The van der Waals surface area contributed by atoms with E-state index < -0.39 is 5.82 Å². The normalized spacial score (nSPS) is 10.0. The molecule has 0 N–H and O–H groups in total. The van der Waals surface area contributed by atoms with Crippen molar-refractivity contribution in [1.29, 1.82) is 5.26 Å². The van der Waals surface area contributed by atoms with Gasteiger partial charge in [-0.25, -0.2) is 9.37 Å². The maximum absolute atomic E-state index is 13.7. The maximum Gasteiger partial charge on any atom is 0.147 e. The lowest BCUT2D eigenvalue weighted by atomic mass is 10.0. The molecule has 1 heterocycles. The molecule has 0 aliphatic rings. The zero-order valence-electron chi connectivity index (χ0n) is 8.42. The van der Waals surface area contributed by atoms with Crippen LogP contribution in [0.3, 0.4) is 0 Å². The van der Waals surface area contributed by atoms with Gasteiger partial charge in [0.2, 0.25) is 0 Å². The topological polar surface area (TPSA) is 36.7 Å². The highest BCUT2D eigenvalue weighted by molar-refractivity contribution is 6.31. The summed E-state index contributed by atoms with van der Waals surface area (Å²) in [5.74, 6) is -0.465. The number of halogens is 3. The Morgan fingerprint density at radius 1 is 1.18 bits per heavy atom. The Hall–Kier alpha value is -1.63. The Morgan fingerprint density at radius 2 is 1.94 bits per heavy atom. The molecule has 0 saturated carbocycles. The number of hydrogen-bond acceptors (Lipinski definition) is 2. The van der Waals surface area contributed by atoms with Crippen LogP contribution in [-0.2, 0) is 0 Å². The van der Waals surface area contributed by atoms with Gasteiger partial charge in [-0.3, -0.25) is 0 Å². The Labute approximate surface area is 107 Å². The van der Waals surface area contributed by atoms with Crippen LogP contribution in [0.5, 0.6) is 0 Å². The number of benzene rings is 1. The van der Waals surface area contributed by atoms with Gasteiger partial charge in [0.05, 0.1) is 5.56 Å². The second-order valence-electron chi connectivity index (χ2n) is 3.26. The molecule has 2 nitrogen and oxygen atoms in total. The Balaban J connectivity index is 2.73. The van der Waals surface area contributed by atoms with Gasteiger partial charge in [0.15, 0.2) is 0 Å². The third-order valence-electron chi connectivity index (χ3n) is 2.24. The monoisotopic (exact) mass is 266 g/mol. The van der Waals surface area contributed by atoms with E-state index in [-0.39, 0.29) is 16.3 Å². The molecule has 5 heteroatoms. The molecule has 0 radical (unpaired) electrons. The van der Waals surface area contributed by atoms with E-state index in [1.807, 2.05) is 6.07 Å². The van der Waals surface area contributed by atoms with Gasteiger partial charge < -0.3 is 0 Å². The summed E-state index contributed by atoms with van der Waals surface area (Å²) in [5.41, 5.74) is 0.751. The van der Waals surface area contributed by atoms with Gasteiger partial charge in [-0.2, -0.15) is 5.26 Å². The molecule has 0 atom stereocenters. The smallest absolute Gasteiger partial charge is 0.147 e. The summed E-state index contributed by atoms with van der Waals surface area (Å²) >= 11 is 11.6. The number of hydrogen-bond donors (Lipinski definition) is 0. The summed E-state index contributed by atoms with van der Waals surface area (Å²) in [4.78, 5) is 3.78. The van der Waals surface area contributed by atoms with E-state index in [1.165, 1.54) is 30.5 Å². The lowest BCUT2D eigenvalue weighted by Crippen LogP contribution is -1.91. The number of nitriles is 1. The van der Waals surface area contributed by atoms with Crippen molar-refractivity contribution in [3.8, 4) is 17.2 Å². The molecule has 1 aromatic heterocycles. The van der Waals surface area contributed by atoms with E-state index in [2.05, 4.69) is 4.98 Å². The summed E-state index contributed by atoms with van der Waals surface area (Å²) in [7, 11) is 0. The molecule has 0 saturated heterocycles. The molecule has 2 aromatic rings. The van der Waals surface area contributed by atoms with E-state index in [9.17, 15) is 4.39 Å². The number of rotatable bonds is 1. The number of aromatic nitrogens is 1. The molecule has 0 unspecified atom stereocenters. The standard InChI is InChI=1S/C12H5Cl2FN2/c13-7-1-2-11(15)9(5-7)8-3-4-17-12(14)10(8)6-16/h1-5H. The van der Waals surface area contributed by atoms with Gasteiger partial charge in [-0.05, 0) is 24.3 Å². The fourth-order valence-electron chi connectivity index (χ4n) is 1.47. The molecule has 0 amide bonds. The molecule has 17 heavy (non-hydrogen) atoms. The van der Waals surface area contributed by atoms with E-state index in [4.69, 9.17) is 28.5 Å². The van der Waals surface area contributed by atoms with E-state index >= 15 is 0 Å². The molecule has 0 spiro atoms. The minimum atomic E-state index is -0.465. The third kappa shape index (κ3) is 2.23. The average molecular weight is 267 g/mol. The summed E-state index contributed by atoms with van der Waals surface area (Å²) in [6.07, 6.45) is 1.42. The van der Waals surface area contributed by atoms with Crippen molar-refractivity contribution in [3.63, 3.8) is 0 Å². The van der Waals surface area contributed by atoms with Crippen LogP contribution in [0.15, 0.2) is 30.5 Å². The van der Waals surface area contributed by atoms with Crippen molar-refractivity contribution in [2.24, 2.45) is 0 Å². The van der Waals surface area contributed by atoms with Crippen molar-refractivity contribution < 1.29 is 4.39 Å². The second kappa shape index (κ2) is 4.70. The highest BCUT2D eigenvalue weighted by atomic mass is 35.5. The summed E-state index contributed by atoms with van der Waals surface area (Å²) in [6.45, 7) is 0. The molecule has 84 valence electrons. The van der Waals surface area contributed by atoms with Crippen molar-refractivity contribution in [2.45, 2.75) is 0 Å². The van der Waals surface area contributed by atoms with Crippen LogP contribution in [0.4, 0.5) is 4.39 Å². The fraction of sp³-hybridized carbons (Fsp3) is 0. The van der Waals surface area contributed by atoms with Crippen LogP contribution in [0.25, 0.3) is 11.1 Å². The Bertz CT molecular complexity index is 620. The van der Waals surface area contributed by atoms with Crippen LogP contribution in [0.2, 0.25) is 10.2 Å². The summed E-state index contributed by atoms with van der Waals surface area (Å²) < 4.78 is 13.7. The Morgan fingerprint density at radius 3 is 2.65 bits per heavy atom. The van der Waals surface area contributed by atoms with Crippen molar-refractivity contribution in [3.05, 3.63) is 52.0 Å². The molecule has 0 fully saturated rings. The zero-order valence-corrected chi connectivity index (χ0v) is 9.93. The minimum Gasteiger partial charge on any atom is -0.243 e. The lowest BCUT2D eigenvalue weighted by molar-refractivity contribution is 0.631. The van der Waals surface area contributed by atoms with Gasteiger partial charge in [-0.1, -0.05) is 23.2 Å². The molecule has 2 rings (SSSR count). The zero-order chi connectivity index (χ0) is 12.4. The molecule has 1 aromatic carbocycles. The highest BCUT2D eigenvalue weighted by Crippen LogP contribution is 2.30. The van der Waals surface area contributed by atoms with E-state index in [0.29, 0.717) is 10.6 Å². The third-order valence-corrected chi connectivity index (χ3v) is 2.76. The summed E-state index contributed by atoms with van der Waals surface area (Å²) in [5, 5.41) is 9.42. The quantitative estimate of drug-likeness (QED) is 0.730. The predicted molar refractivity (Wildman–Crippen MR) is 64.4 cm³/mol. The molecule has 0 aliphatic heterocycles. The van der Waals surface area contributed by atoms with Gasteiger partial charge >= 0.3 is 0 Å². The lowest BCUT2D eigenvalue weighted by Gasteiger charge is -2.06. The van der Waals surface area contributed by atoms with Gasteiger partial charge in [0, 0.05) is 22.3 Å². The first-order chi connectivity index (χ1) is 8.13. The number of pyridine rings is 1. The van der Waals surface area contributed by atoms with Gasteiger partial charge in [0.1, 0.15) is 17.0 Å². The Kier molecular flexibility index (Phi) is 3.28. The number of nitrogens with zero attached hydrogens (tertiary/aromatic N) is 2. The first-order valence-corrected chi connectivity index (χ1v) is 5.39. The van der Waals surface area contributed by atoms with E-state index in [0.717, 1.165) is 0 Å². The van der Waals surface area contributed by atoms with Crippen LogP contribution < -0.4 is 0 Å². The molecule has 0 aliphatic carbocycles. The van der Waals surface area contributed by atoms with Gasteiger partial charge in [0.25, 0.3) is 0 Å². The van der Waals surface area contributed by atoms with Gasteiger partial charge in [-0.15, -0.1) is 0 Å². The fourth-order valence-corrected chi connectivity index (χ4v) is 1.84. The van der Waals surface area contributed by atoms with Crippen molar-refractivity contribution in [2.75, 3.05) is 0 Å². The average Bonchev–Trinajstić information content (AvgIpc) is 2.32. The maximum atomic E-state index is 13.7. The largest absolute Gasteiger partial charge is 0.243 e. The van der Waals surface area contributed by atoms with E-state index in [1.54, 1.807) is 0 Å². The SMILES string of the molecule is N#Cc1c(-c2cc(Cl)ccc2F)ccnc1Cl. The minimum absolute atomic E-state index is 0.0457. The second-order valence-corrected chi connectivity index (χ2v) is 4.05. The van der Waals surface area contributed by atoms with Crippen LogP contribution >= 0.6 is 23.2 Å². The van der Waals surface area contributed by atoms with Crippen LogP contribution in [0, 0.1) is 17.1 Å². The van der Waals surface area contributed by atoms with Crippen LogP contribution in [0.1, 0.15) is 5.56 Å². The first kappa shape index (κ1) is 11.8.